The first-order chi connectivity index (χ1) is 14.8. The van der Waals surface area contributed by atoms with Crippen molar-refractivity contribution in [2.45, 2.75) is 51.0 Å². The van der Waals surface area contributed by atoms with Crippen molar-refractivity contribution >= 4 is 28.3 Å². The second kappa shape index (κ2) is 7.07. The highest BCUT2D eigenvalue weighted by Crippen LogP contribution is 2.66. The first kappa shape index (κ1) is 20.5. The summed E-state index contributed by atoms with van der Waals surface area (Å²) in [6.45, 7) is 6.50. The molecule has 4 heterocycles. The second-order valence-corrected chi connectivity index (χ2v) is 10.0. The van der Waals surface area contributed by atoms with Gasteiger partial charge in [0.1, 0.15) is 10.8 Å². The van der Waals surface area contributed by atoms with Gasteiger partial charge in [0.2, 0.25) is 5.95 Å². The van der Waals surface area contributed by atoms with Crippen LogP contribution in [0.4, 0.5) is 25.5 Å². The van der Waals surface area contributed by atoms with Gasteiger partial charge in [0.15, 0.2) is 0 Å². The molecule has 2 aromatic heterocycles. The Labute approximate surface area is 184 Å². The Morgan fingerprint density at radius 2 is 1.97 bits per heavy atom. The quantitative estimate of drug-likeness (QED) is 0.748. The molecule has 0 atom stereocenters. The maximum Gasteiger partial charge on any atom is 0.254 e. The normalized spacial score (nSPS) is 23.3. The molecule has 0 aromatic carbocycles. The van der Waals surface area contributed by atoms with Crippen LogP contribution in [0.2, 0.25) is 0 Å². The molecule has 0 radical (unpaired) electrons. The van der Waals surface area contributed by atoms with Crippen molar-refractivity contribution in [1.82, 2.24) is 19.2 Å². The number of nitrogens with zero attached hydrogens (tertiary/aromatic N) is 6. The van der Waals surface area contributed by atoms with E-state index < -0.39 is 11.3 Å². The fourth-order valence-electron chi connectivity index (χ4n) is 5.06. The van der Waals surface area contributed by atoms with Crippen LogP contribution < -0.4 is 10.2 Å². The number of nitrogens with one attached hydrogen (secondary N) is 1. The lowest BCUT2D eigenvalue weighted by Gasteiger charge is -2.57. The van der Waals surface area contributed by atoms with Gasteiger partial charge in [-0.15, -0.1) is 0 Å². The van der Waals surface area contributed by atoms with Gasteiger partial charge in [-0.3, -0.25) is 4.90 Å². The lowest BCUT2D eigenvalue weighted by molar-refractivity contribution is -0.0128. The van der Waals surface area contributed by atoms with Crippen LogP contribution in [0.5, 0.6) is 0 Å². The van der Waals surface area contributed by atoms with E-state index in [-0.39, 0.29) is 12.0 Å². The molecular formula is C21H25F2N7S. The lowest BCUT2D eigenvalue weighted by Crippen LogP contribution is -2.71. The molecule has 5 rings (SSSR count). The Morgan fingerprint density at radius 3 is 2.55 bits per heavy atom. The highest BCUT2D eigenvalue weighted by atomic mass is 32.1. The van der Waals surface area contributed by atoms with Crippen molar-refractivity contribution in [3.63, 3.8) is 0 Å². The molecule has 3 fully saturated rings. The van der Waals surface area contributed by atoms with Crippen LogP contribution in [0.3, 0.4) is 0 Å². The molecule has 2 aliphatic heterocycles. The molecule has 2 aromatic rings. The van der Waals surface area contributed by atoms with Crippen molar-refractivity contribution in [2.75, 3.05) is 36.4 Å². The molecule has 10 heteroatoms. The number of alkyl halides is 2. The van der Waals surface area contributed by atoms with Crippen molar-refractivity contribution in [2.24, 2.45) is 5.41 Å². The Balaban J connectivity index is 1.29. The van der Waals surface area contributed by atoms with Gasteiger partial charge in [-0.1, -0.05) is 0 Å². The maximum atomic E-state index is 13.8. The minimum Gasteiger partial charge on any atom is -0.352 e. The lowest BCUT2D eigenvalue weighted by atomic mass is 9.81. The summed E-state index contributed by atoms with van der Waals surface area (Å²) in [7, 11) is 0. The van der Waals surface area contributed by atoms with E-state index in [1.807, 2.05) is 19.9 Å². The first-order valence-electron chi connectivity index (χ1n) is 10.5. The third-order valence-corrected chi connectivity index (χ3v) is 7.88. The maximum absolute atomic E-state index is 13.8. The molecule has 1 saturated carbocycles. The van der Waals surface area contributed by atoms with E-state index in [1.165, 1.54) is 11.5 Å². The van der Waals surface area contributed by atoms with E-state index in [9.17, 15) is 14.0 Å². The molecule has 7 nitrogen and oxygen atoms in total. The Bertz CT molecular complexity index is 1030. The first-order valence-corrected chi connectivity index (χ1v) is 11.3. The van der Waals surface area contributed by atoms with Crippen molar-refractivity contribution < 1.29 is 8.78 Å². The molecule has 3 aliphatic rings. The summed E-state index contributed by atoms with van der Waals surface area (Å²) in [4.78, 5) is 13.5. The third kappa shape index (κ3) is 3.44. The van der Waals surface area contributed by atoms with Gasteiger partial charge in [-0.05, 0) is 57.4 Å². The molecule has 0 amide bonds. The second-order valence-electron chi connectivity index (χ2n) is 9.22. The van der Waals surface area contributed by atoms with E-state index in [4.69, 9.17) is 4.98 Å². The predicted molar refractivity (Wildman–Crippen MR) is 115 cm³/mol. The molecule has 31 heavy (non-hydrogen) atoms. The number of rotatable bonds is 5. The topological polar surface area (TPSA) is 81.0 Å². The highest BCUT2D eigenvalue weighted by molar-refractivity contribution is 7.10. The summed E-state index contributed by atoms with van der Waals surface area (Å²) in [5.41, 5.74) is 0.836. The molecule has 0 bridgehead atoms. The largest absolute Gasteiger partial charge is 0.352 e. The number of piperidine rings is 1. The number of aryl methyl sites for hydroxylation is 2. The molecule has 1 spiro atoms. The van der Waals surface area contributed by atoms with Gasteiger partial charge in [-0.25, -0.2) is 13.8 Å². The number of hydrogen-bond donors (Lipinski definition) is 1. The summed E-state index contributed by atoms with van der Waals surface area (Å²) in [5, 5.41) is 13.5. The molecular weight excluding hydrogens is 420 g/mol. The van der Waals surface area contributed by atoms with Crippen LogP contribution in [-0.2, 0) is 0 Å². The van der Waals surface area contributed by atoms with Crippen LogP contribution in [0.1, 0.15) is 36.9 Å². The Hall–Kier alpha value is -2.38. The zero-order chi connectivity index (χ0) is 21.9. The van der Waals surface area contributed by atoms with E-state index in [0.717, 1.165) is 22.1 Å². The molecule has 1 aliphatic carbocycles. The van der Waals surface area contributed by atoms with Crippen molar-refractivity contribution in [3.8, 4) is 6.07 Å². The van der Waals surface area contributed by atoms with E-state index in [1.54, 1.807) is 6.20 Å². The van der Waals surface area contributed by atoms with E-state index in [2.05, 4.69) is 30.5 Å². The summed E-state index contributed by atoms with van der Waals surface area (Å²) in [6, 6.07) is 4.27. The van der Waals surface area contributed by atoms with Crippen molar-refractivity contribution in [1.29, 1.82) is 5.26 Å². The fourth-order valence-corrected chi connectivity index (χ4v) is 5.72. The fraction of sp³-hybridized carbons (Fsp3) is 0.619. The monoisotopic (exact) mass is 445 g/mol. The van der Waals surface area contributed by atoms with Gasteiger partial charge < -0.3 is 10.2 Å². The molecule has 1 N–H and O–H groups in total. The third-order valence-electron chi connectivity index (χ3n) is 7.09. The molecule has 2 saturated heterocycles. The molecule has 0 unspecified atom stereocenters. The smallest absolute Gasteiger partial charge is 0.254 e. The average Bonchev–Trinajstić information content (AvgIpc) is 3.00. The van der Waals surface area contributed by atoms with Crippen LogP contribution in [0.15, 0.2) is 12.3 Å². The van der Waals surface area contributed by atoms with Crippen LogP contribution in [-0.4, -0.2) is 56.9 Å². The van der Waals surface area contributed by atoms with Crippen molar-refractivity contribution in [3.05, 3.63) is 23.5 Å². The highest BCUT2D eigenvalue weighted by Gasteiger charge is 2.71. The molecule has 164 valence electrons. The minimum atomic E-state index is -2.49. The van der Waals surface area contributed by atoms with Gasteiger partial charge in [0, 0.05) is 36.7 Å². The van der Waals surface area contributed by atoms with Gasteiger partial charge in [0.05, 0.1) is 23.7 Å². The van der Waals surface area contributed by atoms with Gasteiger partial charge >= 0.3 is 0 Å². The average molecular weight is 446 g/mol. The summed E-state index contributed by atoms with van der Waals surface area (Å²) >= 11 is 1.36. The Morgan fingerprint density at radius 1 is 1.26 bits per heavy atom. The summed E-state index contributed by atoms with van der Waals surface area (Å²) in [5.74, 6) is -1.14. The number of hydrogen-bond acceptors (Lipinski definition) is 8. The zero-order valence-corrected chi connectivity index (χ0v) is 18.5. The van der Waals surface area contributed by atoms with Crippen LogP contribution in [0, 0.1) is 30.6 Å². The summed E-state index contributed by atoms with van der Waals surface area (Å²) < 4.78 is 31.8. The van der Waals surface area contributed by atoms with Crippen LogP contribution >= 0.6 is 11.5 Å². The number of likely N-dealkylation sites (tertiary alicyclic amines) is 1. The van der Waals surface area contributed by atoms with Gasteiger partial charge in [-0.2, -0.15) is 14.6 Å². The number of aromatic nitrogens is 3. The van der Waals surface area contributed by atoms with E-state index >= 15 is 0 Å². The SMILES string of the molecule is Cc1cc(Nc2ncc(C)c(N3CC(CC#N)(N4CCC5(CC4)CC5(F)F)C3)n2)sn1. The van der Waals surface area contributed by atoms with Crippen LogP contribution in [0.25, 0.3) is 0 Å². The minimum absolute atomic E-state index is 0.0282. The summed E-state index contributed by atoms with van der Waals surface area (Å²) in [6.07, 6.45) is 3.25. The number of anilines is 3. The predicted octanol–water partition coefficient (Wildman–Crippen LogP) is 3.89. The Kier molecular flexibility index (Phi) is 4.68. The van der Waals surface area contributed by atoms with E-state index in [0.29, 0.717) is 51.4 Å². The zero-order valence-electron chi connectivity index (χ0n) is 17.7. The van der Waals surface area contributed by atoms with Gasteiger partial charge in [0.25, 0.3) is 5.92 Å². The number of halogens is 2. The standard InChI is InChI=1S/C21H25F2N7S/c1-14-10-25-18(26-16-9-15(2)28-31-16)27-17(14)29-12-20(13-29,3-6-24)30-7-4-19(5-8-30)11-21(19,22)23/h9-10H,3-5,7-8,11-13H2,1-2H3,(H,25,26,27). The number of nitriles is 1.